The monoisotopic (exact) mass is 318 g/mol. The smallest absolute Gasteiger partial charge is 0.234 e. The van der Waals surface area contributed by atoms with Crippen molar-refractivity contribution in [3.63, 3.8) is 0 Å². The molecule has 2 rings (SSSR count). The number of aryl methyl sites for hydroxylation is 1. The summed E-state index contributed by atoms with van der Waals surface area (Å²) in [5.41, 5.74) is 7.67. The Kier molecular flexibility index (Phi) is 6.40. The molecule has 1 heterocycles. The molecule has 1 saturated heterocycles. The van der Waals surface area contributed by atoms with E-state index in [0.717, 1.165) is 24.3 Å². The summed E-state index contributed by atoms with van der Waals surface area (Å²) in [7, 11) is 0. The van der Waals surface area contributed by atoms with Gasteiger partial charge in [-0.05, 0) is 25.0 Å². The molecular formula is C17H26N4O2. The first-order chi connectivity index (χ1) is 11.1. The van der Waals surface area contributed by atoms with Crippen molar-refractivity contribution in [1.82, 2.24) is 15.1 Å². The van der Waals surface area contributed by atoms with Gasteiger partial charge in [-0.25, -0.2) is 0 Å². The van der Waals surface area contributed by atoms with E-state index >= 15 is 0 Å². The number of piperazine rings is 1. The fourth-order valence-electron chi connectivity index (χ4n) is 2.77. The molecule has 0 unspecified atom stereocenters. The summed E-state index contributed by atoms with van der Waals surface area (Å²) < 4.78 is 0. The Morgan fingerprint density at radius 3 is 2.52 bits per heavy atom. The van der Waals surface area contributed by atoms with Crippen LogP contribution in [0.15, 0.2) is 24.3 Å². The summed E-state index contributed by atoms with van der Waals surface area (Å²) in [5.74, 6) is 0.206. The molecule has 2 amide bonds. The zero-order valence-corrected chi connectivity index (χ0v) is 13.8. The number of amides is 2. The van der Waals surface area contributed by atoms with Crippen molar-refractivity contribution >= 4 is 17.5 Å². The lowest BCUT2D eigenvalue weighted by molar-refractivity contribution is -0.133. The molecule has 1 fully saturated rings. The van der Waals surface area contributed by atoms with E-state index in [1.54, 1.807) is 0 Å². The number of rotatable bonds is 6. The number of nitrogens with zero attached hydrogens (tertiary/aromatic N) is 2. The molecule has 0 radical (unpaired) electrons. The Morgan fingerprint density at radius 1 is 1.17 bits per heavy atom. The number of para-hydroxylation sites is 1. The lowest BCUT2D eigenvalue weighted by Gasteiger charge is -2.34. The molecule has 0 aromatic heterocycles. The van der Waals surface area contributed by atoms with Gasteiger partial charge < -0.3 is 16.0 Å². The fraction of sp³-hybridized carbons (Fsp3) is 0.529. The third-order valence-corrected chi connectivity index (χ3v) is 4.13. The summed E-state index contributed by atoms with van der Waals surface area (Å²) in [4.78, 5) is 27.8. The van der Waals surface area contributed by atoms with Crippen molar-refractivity contribution in [1.29, 1.82) is 0 Å². The van der Waals surface area contributed by atoms with Gasteiger partial charge in [-0.15, -0.1) is 0 Å². The lowest BCUT2D eigenvalue weighted by atomic mass is 10.1. The minimum Gasteiger partial charge on any atom is -0.399 e. The molecule has 0 atom stereocenters. The highest BCUT2D eigenvalue weighted by Gasteiger charge is 2.22. The van der Waals surface area contributed by atoms with Crippen LogP contribution in [0.1, 0.15) is 18.9 Å². The van der Waals surface area contributed by atoms with Crippen LogP contribution in [0.4, 0.5) is 5.69 Å². The average molecular weight is 318 g/mol. The summed E-state index contributed by atoms with van der Waals surface area (Å²) in [6.45, 7) is 5.84. The third-order valence-electron chi connectivity index (χ3n) is 4.13. The number of nitrogens with two attached hydrogens (primary N) is 1. The van der Waals surface area contributed by atoms with Gasteiger partial charge in [-0.1, -0.05) is 18.2 Å². The zero-order chi connectivity index (χ0) is 16.7. The van der Waals surface area contributed by atoms with Gasteiger partial charge in [-0.2, -0.15) is 0 Å². The summed E-state index contributed by atoms with van der Waals surface area (Å²) in [5, 5.41) is 2.80. The van der Waals surface area contributed by atoms with Crippen LogP contribution in [-0.4, -0.2) is 60.9 Å². The van der Waals surface area contributed by atoms with Crippen molar-refractivity contribution < 1.29 is 9.59 Å². The molecule has 3 N–H and O–H groups in total. The molecule has 1 aromatic carbocycles. The van der Waals surface area contributed by atoms with Crippen molar-refractivity contribution in [2.24, 2.45) is 0 Å². The van der Waals surface area contributed by atoms with Crippen LogP contribution in [0.25, 0.3) is 0 Å². The SMILES string of the molecule is CCNC(=O)CN1CCN(C(=O)CCc2ccccc2N)CC1. The Hall–Kier alpha value is -2.08. The van der Waals surface area contributed by atoms with E-state index in [4.69, 9.17) is 5.73 Å². The number of carbonyl (C=O) groups is 2. The summed E-state index contributed by atoms with van der Waals surface area (Å²) >= 11 is 0. The highest BCUT2D eigenvalue weighted by molar-refractivity contribution is 5.78. The molecule has 126 valence electrons. The molecule has 6 heteroatoms. The van der Waals surface area contributed by atoms with Gasteiger partial charge in [0.05, 0.1) is 6.54 Å². The normalized spacial score (nSPS) is 15.4. The minimum absolute atomic E-state index is 0.0480. The van der Waals surface area contributed by atoms with E-state index in [1.807, 2.05) is 36.1 Å². The molecule has 1 aliphatic rings. The third kappa shape index (κ3) is 5.25. The van der Waals surface area contributed by atoms with E-state index in [-0.39, 0.29) is 11.8 Å². The molecule has 1 aromatic rings. The molecular weight excluding hydrogens is 292 g/mol. The standard InChI is InChI=1S/C17H26N4O2/c1-2-19-16(22)13-20-9-11-21(12-10-20)17(23)8-7-14-5-3-4-6-15(14)18/h3-6H,2,7-13,18H2,1H3,(H,19,22). The second-order valence-corrected chi connectivity index (χ2v) is 5.81. The van der Waals surface area contributed by atoms with Gasteiger partial charge in [0.1, 0.15) is 0 Å². The van der Waals surface area contributed by atoms with Gasteiger partial charge in [0, 0.05) is 44.8 Å². The van der Waals surface area contributed by atoms with Gasteiger partial charge in [0.15, 0.2) is 0 Å². The molecule has 0 saturated carbocycles. The quantitative estimate of drug-likeness (QED) is 0.748. The number of hydrogen-bond acceptors (Lipinski definition) is 4. The van der Waals surface area contributed by atoms with Crippen LogP contribution >= 0.6 is 0 Å². The number of benzene rings is 1. The molecule has 1 aliphatic heterocycles. The van der Waals surface area contributed by atoms with E-state index in [1.165, 1.54) is 0 Å². The van der Waals surface area contributed by atoms with E-state index in [2.05, 4.69) is 10.2 Å². The van der Waals surface area contributed by atoms with Crippen LogP contribution < -0.4 is 11.1 Å². The number of hydrogen-bond donors (Lipinski definition) is 2. The zero-order valence-electron chi connectivity index (χ0n) is 13.8. The Morgan fingerprint density at radius 2 is 1.87 bits per heavy atom. The maximum absolute atomic E-state index is 12.3. The number of anilines is 1. The highest BCUT2D eigenvalue weighted by atomic mass is 16.2. The molecule has 0 spiro atoms. The van der Waals surface area contributed by atoms with Gasteiger partial charge in [0.25, 0.3) is 0 Å². The van der Waals surface area contributed by atoms with E-state index < -0.39 is 0 Å². The maximum Gasteiger partial charge on any atom is 0.234 e. The van der Waals surface area contributed by atoms with Crippen molar-refractivity contribution in [2.75, 3.05) is 45.0 Å². The predicted octanol–water partition coefficient (Wildman–Crippen LogP) is 0.482. The fourth-order valence-corrected chi connectivity index (χ4v) is 2.77. The average Bonchev–Trinajstić information content (AvgIpc) is 2.55. The first-order valence-electron chi connectivity index (χ1n) is 8.20. The summed E-state index contributed by atoms with van der Waals surface area (Å²) in [6, 6.07) is 7.66. The van der Waals surface area contributed by atoms with Gasteiger partial charge in [-0.3, -0.25) is 14.5 Å². The van der Waals surface area contributed by atoms with Crippen LogP contribution in [-0.2, 0) is 16.0 Å². The number of carbonyl (C=O) groups excluding carboxylic acids is 2. The molecule has 0 aliphatic carbocycles. The van der Waals surface area contributed by atoms with Crippen molar-refractivity contribution in [3.8, 4) is 0 Å². The van der Waals surface area contributed by atoms with Crippen LogP contribution in [0.3, 0.4) is 0 Å². The Balaban J connectivity index is 1.73. The molecule has 6 nitrogen and oxygen atoms in total. The van der Waals surface area contributed by atoms with Gasteiger partial charge >= 0.3 is 0 Å². The van der Waals surface area contributed by atoms with Crippen molar-refractivity contribution in [3.05, 3.63) is 29.8 Å². The maximum atomic E-state index is 12.3. The van der Waals surface area contributed by atoms with Crippen molar-refractivity contribution in [2.45, 2.75) is 19.8 Å². The van der Waals surface area contributed by atoms with Gasteiger partial charge in [0.2, 0.25) is 11.8 Å². The first kappa shape index (κ1) is 17.3. The second kappa shape index (κ2) is 8.53. The van der Waals surface area contributed by atoms with E-state index in [0.29, 0.717) is 39.0 Å². The van der Waals surface area contributed by atoms with Crippen LogP contribution in [0.5, 0.6) is 0 Å². The molecule has 23 heavy (non-hydrogen) atoms. The van der Waals surface area contributed by atoms with Crippen LogP contribution in [0.2, 0.25) is 0 Å². The minimum atomic E-state index is 0.0480. The lowest BCUT2D eigenvalue weighted by Crippen LogP contribution is -2.51. The molecule has 0 bridgehead atoms. The largest absolute Gasteiger partial charge is 0.399 e. The number of nitrogens with one attached hydrogen (secondary N) is 1. The Labute approximate surface area is 137 Å². The Bertz CT molecular complexity index is 539. The predicted molar refractivity (Wildman–Crippen MR) is 90.9 cm³/mol. The summed E-state index contributed by atoms with van der Waals surface area (Å²) in [6.07, 6.45) is 1.15. The first-order valence-corrected chi connectivity index (χ1v) is 8.20. The second-order valence-electron chi connectivity index (χ2n) is 5.81. The van der Waals surface area contributed by atoms with E-state index in [9.17, 15) is 9.59 Å². The topological polar surface area (TPSA) is 78.7 Å². The van der Waals surface area contributed by atoms with Crippen LogP contribution in [0, 0.1) is 0 Å². The number of nitrogen functional groups attached to an aromatic ring is 1. The number of likely N-dealkylation sites (N-methyl/N-ethyl adjacent to an activating group) is 1. The highest BCUT2D eigenvalue weighted by Crippen LogP contribution is 2.14.